The highest BCUT2D eigenvalue weighted by Crippen LogP contribution is 2.48. The minimum absolute atomic E-state index is 0.0771. The molecular formula is C19H20F3NO2. The molecular weight excluding hydrogens is 331 g/mol. The Morgan fingerprint density at radius 2 is 1.72 bits per heavy atom. The molecule has 0 aromatic heterocycles. The van der Waals surface area contributed by atoms with E-state index >= 15 is 0 Å². The first-order valence-electron chi connectivity index (χ1n) is 7.74. The summed E-state index contributed by atoms with van der Waals surface area (Å²) >= 11 is 0. The second-order valence-corrected chi connectivity index (χ2v) is 6.03. The zero-order chi connectivity index (χ0) is 18.8. The molecule has 0 radical (unpaired) electrons. The van der Waals surface area contributed by atoms with Crippen molar-refractivity contribution in [2.24, 2.45) is 4.99 Å². The van der Waals surface area contributed by atoms with Crippen LogP contribution in [0, 0.1) is 6.92 Å². The van der Waals surface area contributed by atoms with Gasteiger partial charge in [-0.15, -0.1) is 0 Å². The van der Waals surface area contributed by atoms with Crippen LogP contribution in [0.15, 0.2) is 47.5 Å². The van der Waals surface area contributed by atoms with E-state index in [4.69, 9.17) is 4.74 Å². The zero-order valence-electron chi connectivity index (χ0n) is 14.3. The van der Waals surface area contributed by atoms with Crippen LogP contribution in [0.4, 0.5) is 18.9 Å². The fraction of sp³-hybridized carbons (Fsp3) is 0.316. The average Bonchev–Trinajstić information content (AvgIpc) is 2.54. The maximum atomic E-state index is 14.0. The number of halogens is 3. The summed E-state index contributed by atoms with van der Waals surface area (Å²) in [5.74, 6) is -0.0771. The molecule has 0 bridgehead atoms. The molecule has 2 aromatic carbocycles. The summed E-state index contributed by atoms with van der Waals surface area (Å²) in [6.45, 7) is 8.41. The number of rotatable bonds is 5. The second kappa shape index (κ2) is 6.88. The van der Waals surface area contributed by atoms with Crippen LogP contribution in [0.3, 0.4) is 0 Å². The fourth-order valence-electron chi connectivity index (χ4n) is 2.63. The third-order valence-corrected chi connectivity index (χ3v) is 3.82. The predicted octanol–water partition coefficient (Wildman–Crippen LogP) is 4.91. The Kier molecular flexibility index (Phi) is 5.23. The van der Waals surface area contributed by atoms with E-state index < -0.39 is 11.8 Å². The van der Waals surface area contributed by atoms with E-state index in [0.717, 1.165) is 0 Å². The molecule has 0 saturated carbocycles. The van der Waals surface area contributed by atoms with E-state index in [2.05, 4.69) is 11.7 Å². The molecule has 1 unspecified atom stereocenters. The molecule has 0 spiro atoms. The lowest BCUT2D eigenvalue weighted by Gasteiger charge is -2.33. The van der Waals surface area contributed by atoms with Crippen molar-refractivity contribution in [3.63, 3.8) is 0 Å². The Hall–Kier alpha value is -2.34. The third-order valence-electron chi connectivity index (χ3n) is 3.82. The predicted molar refractivity (Wildman–Crippen MR) is 91.6 cm³/mol. The van der Waals surface area contributed by atoms with Crippen molar-refractivity contribution >= 4 is 12.4 Å². The number of alkyl halides is 3. The lowest BCUT2D eigenvalue weighted by atomic mass is 9.84. The van der Waals surface area contributed by atoms with E-state index in [1.807, 2.05) is 0 Å². The van der Waals surface area contributed by atoms with Gasteiger partial charge >= 0.3 is 6.18 Å². The Balaban J connectivity index is 2.82. The number of aliphatic hydroxyl groups is 1. The lowest BCUT2D eigenvalue weighted by Crippen LogP contribution is -2.43. The van der Waals surface area contributed by atoms with E-state index in [9.17, 15) is 18.3 Å². The van der Waals surface area contributed by atoms with Crippen LogP contribution in [0.2, 0.25) is 0 Å². The number of hydrogen-bond acceptors (Lipinski definition) is 3. The minimum Gasteiger partial charge on any atom is -0.491 e. The van der Waals surface area contributed by atoms with Gasteiger partial charge in [0.25, 0.3) is 0 Å². The highest BCUT2D eigenvalue weighted by molar-refractivity contribution is 5.60. The van der Waals surface area contributed by atoms with Crippen molar-refractivity contribution in [3.8, 4) is 5.75 Å². The van der Waals surface area contributed by atoms with Crippen LogP contribution >= 0.6 is 0 Å². The first-order valence-corrected chi connectivity index (χ1v) is 7.74. The summed E-state index contributed by atoms with van der Waals surface area (Å²) in [6, 6.07) is 9.58. The molecule has 0 amide bonds. The summed E-state index contributed by atoms with van der Waals surface area (Å²) in [4.78, 5) is 3.80. The zero-order valence-corrected chi connectivity index (χ0v) is 14.3. The summed E-state index contributed by atoms with van der Waals surface area (Å²) in [5.41, 5.74) is -3.00. The van der Waals surface area contributed by atoms with Gasteiger partial charge in [0.15, 0.2) is 0 Å². The number of ether oxygens (including phenoxy) is 1. The van der Waals surface area contributed by atoms with E-state index in [1.165, 1.54) is 36.4 Å². The van der Waals surface area contributed by atoms with Crippen molar-refractivity contribution in [1.29, 1.82) is 0 Å². The standard InChI is InChI=1S/C19H20F3NO2/c1-12(2)25-17-11-16(23-4)13(3)10-15(17)18(24,19(20,21)22)14-8-6-5-7-9-14/h5-12,24H,4H2,1-3H3. The molecule has 0 heterocycles. The molecule has 0 aliphatic heterocycles. The number of hydrogen-bond donors (Lipinski definition) is 1. The van der Waals surface area contributed by atoms with Crippen LogP contribution in [-0.2, 0) is 5.60 Å². The lowest BCUT2D eigenvalue weighted by molar-refractivity contribution is -0.248. The molecule has 0 fully saturated rings. The van der Waals surface area contributed by atoms with Crippen LogP contribution in [-0.4, -0.2) is 24.1 Å². The number of benzene rings is 2. The molecule has 25 heavy (non-hydrogen) atoms. The summed E-state index contributed by atoms with van der Waals surface area (Å²) in [5, 5.41) is 10.8. The van der Waals surface area contributed by atoms with Gasteiger partial charge in [0, 0.05) is 11.6 Å². The van der Waals surface area contributed by atoms with Gasteiger partial charge in [-0.05, 0) is 44.7 Å². The van der Waals surface area contributed by atoms with E-state index in [1.54, 1.807) is 26.8 Å². The summed E-state index contributed by atoms with van der Waals surface area (Å²) < 4.78 is 47.5. The maximum Gasteiger partial charge on any atom is 0.425 e. The third kappa shape index (κ3) is 3.54. The summed E-state index contributed by atoms with van der Waals surface area (Å²) in [6.07, 6.45) is -5.33. The maximum absolute atomic E-state index is 14.0. The number of aryl methyl sites for hydroxylation is 1. The van der Waals surface area contributed by atoms with Gasteiger partial charge in [0.1, 0.15) is 5.75 Å². The molecule has 0 aliphatic carbocycles. The molecule has 1 N–H and O–H groups in total. The monoisotopic (exact) mass is 351 g/mol. The molecule has 3 nitrogen and oxygen atoms in total. The molecule has 6 heteroatoms. The Labute approximate surface area is 144 Å². The first-order chi connectivity index (χ1) is 11.6. The smallest absolute Gasteiger partial charge is 0.425 e. The first kappa shape index (κ1) is 19.0. The van der Waals surface area contributed by atoms with Gasteiger partial charge in [-0.2, -0.15) is 13.2 Å². The minimum atomic E-state index is -4.95. The van der Waals surface area contributed by atoms with Gasteiger partial charge in [0.2, 0.25) is 5.60 Å². The van der Waals surface area contributed by atoms with Crippen molar-refractivity contribution in [2.75, 3.05) is 0 Å². The van der Waals surface area contributed by atoms with Crippen molar-refractivity contribution in [2.45, 2.75) is 38.7 Å². The highest BCUT2D eigenvalue weighted by Gasteiger charge is 2.57. The molecule has 134 valence electrons. The van der Waals surface area contributed by atoms with E-state index in [-0.39, 0.29) is 23.0 Å². The molecule has 0 aliphatic rings. The molecule has 2 rings (SSSR count). The number of nitrogens with zero attached hydrogens (tertiary/aromatic N) is 1. The van der Waals surface area contributed by atoms with E-state index in [0.29, 0.717) is 11.3 Å². The van der Waals surface area contributed by atoms with Gasteiger partial charge in [-0.1, -0.05) is 30.3 Å². The molecule has 1 atom stereocenters. The Bertz CT molecular complexity index is 757. The number of aliphatic imine (C=N–C) groups is 1. The largest absolute Gasteiger partial charge is 0.491 e. The van der Waals surface area contributed by atoms with Gasteiger partial charge in [-0.25, -0.2) is 0 Å². The van der Waals surface area contributed by atoms with Gasteiger partial charge < -0.3 is 9.84 Å². The van der Waals surface area contributed by atoms with Crippen LogP contribution in [0.5, 0.6) is 5.75 Å². The van der Waals surface area contributed by atoms with Crippen LogP contribution < -0.4 is 4.74 Å². The average molecular weight is 351 g/mol. The second-order valence-electron chi connectivity index (χ2n) is 6.03. The SMILES string of the molecule is C=Nc1cc(OC(C)C)c(C(O)(c2ccccc2)C(F)(F)F)cc1C. The topological polar surface area (TPSA) is 41.8 Å². The van der Waals surface area contributed by atoms with Crippen molar-refractivity contribution in [3.05, 3.63) is 59.2 Å². The normalized spacial score (nSPS) is 14.2. The molecule has 2 aromatic rings. The Morgan fingerprint density at radius 1 is 1.12 bits per heavy atom. The van der Waals surface area contributed by atoms with Crippen molar-refractivity contribution in [1.82, 2.24) is 0 Å². The quantitative estimate of drug-likeness (QED) is 0.778. The molecule has 0 saturated heterocycles. The fourth-order valence-corrected chi connectivity index (χ4v) is 2.63. The van der Waals surface area contributed by atoms with Gasteiger partial charge in [0.05, 0.1) is 11.8 Å². The van der Waals surface area contributed by atoms with Gasteiger partial charge in [-0.3, -0.25) is 4.99 Å². The van der Waals surface area contributed by atoms with Crippen LogP contribution in [0.1, 0.15) is 30.5 Å². The highest BCUT2D eigenvalue weighted by atomic mass is 19.4. The van der Waals surface area contributed by atoms with Crippen LogP contribution in [0.25, 0.3) is 0 Å². The van der Waals surface area contributed by atoms with Crippen molar-refractivity contribution < 1.29 is 23.0 Å². The summed E-state index contributed by atoms with van der Waals surface area (Å²) in [7, 11) is 0. The Morgan fingerprint density at radius 3 is 2.20 bits per heavy atom.